The number of carbonyl (C=O) groups excluding carboxylic acids is 1. The number of unbranched alkanes of at least 4 members (excludes halogenated alkanes) is 2. The molecule has 0 fully saturated rings. The van der Waals surface area contributed by atoms with Gasteiger partial charge < -0.3 is 13.7 Å². The van der Waals surface area contributed by atoms with Crippen LogP contribution in [0.25, 0.3) is 0 Å². The molecule has 22 heavy (non-hydrogen) atoms. The van der Waals surface area contributed by atoms with Crippen LogP contribution in [0, 0.1) is 0 Å². The predicted molar refractivity (Wildman–Crippen MR) is 93.6 cm³/mol. The molecule has 0 aromatic carbocycles. The third-order valence-corrected chi connectivity index (χ3v) is 4.08. The zero-order valence-electron chi connectivity index (χ0n) is 15.7. The Bertz CT molecular complexity index is 316. The van der Waals surface area contributed by atoms with Crippen molar-refractivity contribution in [2.24, 2.45) is 0 Å². The van der Waals surface area contributed by atoms with Crippen LogP contribution in [0.4, 0.5) is 0 Å². The molecule has 0 N–H and O–H groups in total. The third-order valence-electron chi connectivity index (χ3n) is 4.08. The van der Waals surface area contributed by atoms with E-state index in [1.807, 2.05) is 0 Å². The van der Waals surface area contributed by atoms with Crippen LogP contribution in [0.5, 0.6) is 0 Å². The second-order valence-electron chi connectivity index (χ2n) is 7.65. The lowest BCUT2D eigenvalue weighted by molar-refractivity contribution is -0.914. The molecule has 0 spiro atoms. The molecule has 0 aliphatic carbocycles. The highest BCUT2D eigenvalue weighted by molar-refractivity contribution is 5.81. The van der Waals surface area contributed by atoms with Gasteiger partial charge in [0.25, 0.3) is 0 Å². The molecule has 0 heterocycles. The highest BCUT2D eigenvalue weighted by atomic mass is 16.5. The maximum atomic E-state index is 11.7. The molecule has 0 rings (SSSR count). The van der Waals surface area contributed by atoms with Gasteiger partial charge in [0.05, 0.1) is 41.3 Å². The molecule has 0 bridgehead atoms. The van der Waals surface area contributed by atoms with Crippen LogP contribution in [0.15, 0.2) is 12.7 Å². The van der Waals surface area contributed by atoms with Gasteiger partial charge in [-0.1, -0.05) is 33.3 Å². The van der Waals surface area contributed by atoms with Crippen LogP contribution in [-0.2, 0) is 9.53 Å². The molecule has 0 saturated carbocycles. The fourth-order valence-corrected chi connectivity index (χ4v) is 2.80. The van der Waals surface area contributed by atoms with Crippen molar-refractivity contribution in [3.05, 3.63) is 12.7 Å². The summed E-state index contributed by atoms with van der Waals surface area (Å²) in [5.41, 5.74) is 0. The summed E-state index contributed by atoms with van der Waals surface area (Å²) in [5.74, 6) is -0.309. The molecule has 0 unspecified atom stereocenters. The average Bonchev–Trinajstić information content (AvgIpc) is 2.41. The van der Waals surface area contributed by atoms with E-state index in [1.54, 1.807) is 0 Å². The largest absolute Gasteiger partial charge is 0.447 e. The first-order valence-electron chi connectivity index (χ1n) is 8.63. The number of quaternary nitrogens is 2. The standard InChI is InChI=1S/C18H38N2O2/c1-8-11-13-19(4,5)15-17(22-18(21)10-3)16-20(6,7)14-12-9-2/h10,17H,3,8-9,11-16H2,1-2,4-7H3/q+2. The second-order valence-corrected chi connectivity index (χ2v) is 7.65. The molecule has 0 aromatic heterocycles. The molecular formula is C18H38N2O2+2. The Morgan fingerprint density at radius 2 is 1.41 bits per heavy atom. The number of hydrogen-bond acceptors (Lipinski definition) is 2. The summed E-state index contributed by atoms with van der Waals surface area (Å²) in [6.45, 7) is 11.9. The van der Waals surface area contributed by atoms with E-state index in [9.17, 15) is 4.79 Å². The first kappa shape index (κ1) is 21.1. The molecule has 4 nitrogen and oxygen atoms in total. The molecule has 130 valence electrons. The Morgan fingerprint density at radius 1 is 1.00 bits per heavy atom. The lowest BCUT2D eigenvalue weighted by Crippen LogP contribution is -2.54. The minimum absolute atomic E-state index is 0.0655. The monoisotopic (exact) mass is 314 g/mol. The summed E-state index contributed by atoms with van der Waals surface area (Å²) in [4.78, 5) is 11.7. The van der Waals surface area contributed by atoms with Crippen molar-refractivity contribution >= 4 is 5.97 Å². The number of carbonyl (C=O) groups is 1. The Hall–Kier alpha value is -0.870. The topological polar surface area (TPSA) is 26.3 Å². The minimum Gasteiger partial charge on any atom is -0.447 e. The average molecular weight is 315 g/mol. The van der Waals surface area contributed by atoms with Gasteiger partial charge in [-0.15, -0.1) is 0 Å². The molecular weight excluding hydrogens is 276 g/mol. The normalized spacial score (nSPS) is 12.5. The van der Waals surface area contributed by atoms with Crippen molar-refractivity contribution in [1.29, 1.82) is 0 Å². The van der Waals surface area contributed by atoms with E-state index >= 15 is 0 Å². The van der Waals surface area contributed by atoms with E-state index in [0.29, 0.717) is 0 Å². The maximum Gasteiger partial charge on any atom is 0.330 e. The summed E-state index contributed by atoms with van der Waals surface area (Å²) >= 11 is 0. The maximum absolute atomic E-state index is 11.7. The first-order chi connectivity index (χ1) is 10.2. The van der Waals surface area contributed by atoms with E-state index in [1.165, 1.54) is 31.8 Å². The lowest BCUT2D eigenvalue weighted by atomic mass is 10.2. The molecule has 0 aromatic rings. The Morgan fingerprint density at radius 3 is 1.73 bits per heavy atom. The van der Waals surface area contributed by atoms with E-state index in [4.69, 9.17) is 4.74 Å². The SMILES string of the molecule is C=CC(=O)OC(C[N+](C)(C)CCCC)C[N+](C)(C)CCCC. The van der Waals surface area contributed by atoms with Crippen LogP contribution in [-0.4, -0.2) is 75.4 Å². The van der Waals surface area contributed by atoms with Crippen LogP contribution in [0.2, 0.25) is 0 Å². The van der Waals surface area contributed by atoms with E-state index in [0.717, 1.165) is 35.1 Å². The van der Waals surface area contributed by atoms with Gasteiger partial charge in [0.2, 0.25) is 0 Å². The Kier molecular flexibility index (Phi) is 9.61. The number of esters is 1. The summed E-state index contributed by atoms with van der Waals surface area (Å²) in [6.07, 6.45) is 5.98. The van der Waals surface area contributed by atoms with Crippen molar-refractivity contribution < 1.29 is 18.5 Å². The van der Waals surface area contributed by atoms with Crippen molar-refractivity contribution in [2.75, 3.05) is 54.4 Å². The third kappa shape index (κ3) is 9.96. The molecule has 0 aliphatic rings. The molecule has 0 radical (unpaired) electrons. The summed E-state index contributed by atoms with van der Waals surface area (Å²) in [6, 6.07) is 0. The summed E-state index contributed by atoms with van der Waals surface area (Å²) in [7, 11) is 8.87. The molecule has 0 atom stereocenters. The highest BCUT2D eigenvalue weighted by Gasteiger charge is 2.30. The number of hydrogen-bond donors (Lipinski definition) is 0. The van der Waals surface area contributed by atoms with Gasteiger partial charge in [-0.3, -0.25) is 0 Å². The smallest absolute Gasteiger partial charge is 0.330 e. The zero-order chi connectivity index (χ0) is 17.2. The van der Waals surface area contributed by atoms with Gasteiger partial charge in [0.1, 0.15) is 13.1 Å². The second kappa shape index (κ2) is 10.0. The fourth-order valence-electron chi connectivity index (χ4n) is 2.80. The minimum atomic E-state index is -0.309. The molecule has 0 saturated heterocycles. The van der Waals surface area contributed by atoms with Crippen LogP contribution in [0.1, 0.15) is 39.5 Å². The molecule has 0 aliphatic heterocycles. The van der Waals surface area contributed by atoms with E-state index in [2.05, 4.69) is 48.6 Å². The molecule has 0 amide bonds. The number of likely N-dealkylation sites (N-methyl/N-ethyl adjacent to an activating group) is 2. The predicted octanol–water partition coefficient (Wildman–Crippen LogP) is 2.84. The van der Waals surface area contributed by atoms with Crippen LogP contribution < -0.4 is 0 Å². The van der Waals surface area contributed by atoms with Crippen molar-refractivity contribution in [3.8, 4) is 0 Å². The zero-order valence-corrected chi connectivity index (χ0v) is 15.7. The van der Waals surface area contributed by atoms with E-state index < -0.39 is 0 Å². The van der Waals surface area contributed by atoms with Gasteiger partial charge in [-0.25, -0.2) is 4.79 Å². The van der Waals surface area contributed by atoms with Crippen LogP contribution >= 0.6 is 0 Å². The van der Waals surface area contributed by atoms with Crippen molar-refractivity contribution in [3.63, 3.8) is 0 Å². The van der Waals surface area contributed by atoms with Gasteiger partial charge in [0, 0.05) is 6.08 Å². The number of nitrogens with zero attached hydrogens (tertiary/aromatic N) is 2. The Balaban J connectivity index is 4.81. The van der Waals surface area contributed by atoms with Gasteiger partial charge in [0.15, 0.2) is 6.10 Å². The quantitative estimate of drug-likeness (QED) is 0.314. The van der Waals surface area contributed by atoms with Crippen molar-refractivity contribution in [2.45, 2.75) is 45.6 Å². The molecule has 4 heteroatoms. The fraction of sp³-hybridized carbons (Fsp3) is 0.833. The lowest BCUT2D eigenvalue weighted by Gasteiger charge is -2.37. The van der Waals surface area contributed by atoms with Gasteiger partial charge >= 0.3 is 5.97 Å². The Labute approximate surface area is 137 Å². The highest BCUT2D eigenvalue weighted by Crippen LogP contribution is 2.12. The summed E-state index contributed by atoms with van der Waals surface area (Å²) < 4.78 is 7.41. The number of rotatable bonds is 12. The first-order valence-corrected chi connectivity index (χ1v) is 8.63. The van der Waals surface area contributed by atoms with Crippen molar-refractivity contribution in [1.82, 2.24) is 0 Å². The summed E-state index contributed by atoms with van der Waals surface area (Å²) in [5, 5.41) is 0. The van der Waals surface area contributed by atoms with Gasteiger partial charge in [-0.2, -0.15) is 0 Å². The number of ether oxygens (including phenoxy) is 1. The van der Waals surface area contributed by atoms with Gasteiger partial charge in [-0.05, 0) is 12.8 Å². The van der Waals surface area contributed by atoms with E-state index in [-0.39, 0.29) is 12.1 Å². The van der Waals surface area contributed by atoms with Crippen LogP contribution in [0.3, 0.4) is 0 Å².